The summed E-state index contributed by atoms with van der Waals surface area (Å²) in [6, 6.07) is 8.66. The highest BCUT2D eigenvalue weighted by atomic mass is 35.5. The molecule has 0 unspecified atom stereocenters. The van der Waals surface area contributed by atoms with E-state index in [0.29, 0.717) is 41.1 Å². The number of nitrogens with one attached hydrogen (secondary N) is 1. The molecule has 4 heterocycles. The highest BCUT2D eigenvalue weighted by Gasteiger charge is 2.33. The van der Waals surface area contributed by atoms with Crippen molar-refractivity contribution in [2.24, 2.45) is 5.92 Å². The number of carbonyl (C=O) groups excluding carboxylic acids is 1. The smallest absolute Gasteiger partial charge is 0.252 e. The minimum Gasteiger partial charge on any atom is -0.302 e. The highest BCUT2D eigenvalue weighted by molar-refractivity contribution is 7.91. The van der Waals surface area contributed by atoms with Crippen LogP contribution < -0.4 is 5.32 Å². The molecule has 0 atom stereocenters. The number of hydrogen-bond donors (Lipinski definition) is 1. The fraction of sp³-hybridized carbons (Fsp3) is 0.278. The van der Waals surface area contributed by atoms with Crippen molar-refractivity contribution < 1.29 is 13.2 Å². The average Bonchev–Trinajstić information content (AvgIpc) is 3.38. The number of aromatic nitrogens is 2. The molecular formula is C18H17ClN4O3S3. The molecule has 4 rings (SSSR count). The molecule has 0 bridgehead atoms. The Morgan fingerprint density at radius 1 is 1.17 bits per heavy atom. The molecule has 29 heavy (non-hydrogen) atoms. The van der Waals surface area contributed by atoms with E-state index in [1.807, 2.05) is 23.6 Å². The van der Waals surface area contributed by atoms with Crippen molar-refractivity contribution in [3.05, 3.63) is 46.2 Å². The van der Waals surface area contributed by atoms with E-state index in [9.17, 15) is 13.2 Å². The maximum atomic E-state index is 12.7. The zero-order valence-electron chi connectivity index (χ0n) is 15.1. The number of piperidine rings is 1. The molecule has 0 aliphatic carbocycles. The summed E-state index contributed by atoms with van der Waals surface area (Å²) in [5, 5.41) is 5.21. The normalized spacial score (nSPS) is 16.0. The predicted octanol–water partition coefficient (Wildman–Crippen LogP) is 3.96. The molecule has 1 amide bonds. The first-order valence-corrected chi connectivity index (χ1v) is 12.4. The molecule has 3 aromatic heterocycles. The van der Waals surface area contributed by atoms with Gasteiger partial charge < -0.3 is 5.32 Å². The van der Waals surface area contributed by atoms with Gasteiger partial charge in [0.15, 0.2) is 5.13 Å². The number of rotatable bonds is 5. The zero-order chi connectivity index (χ0) is 20.4. The molecule has 1 saturated heterocycles. The molecule has 0 radical (unpaired) electrons. The quantitative estimate of drug-likeness (QED) is 0.611. The van der Waals surface area contributed by atoms with Crippen LogP contribution in [0.25, 0.3) is 11.4 Å². The molecule has 152 valence electrons. The second-order valence-corrected chi connectivity index (χ2v) is 11.2. The van der Waals surface area contributed by atoms with Gasteiger partial charge in [0.2, 0.25) is 5.91 Å². The van der Waals surface area contributed by atoms with Crippen molar-refractivity contribution in [3.63, 3.8) is 0 Å². The second kappa shape index (κ2) is 8.49. The Bertz CT molecular complexity index is 1110. The number of anilines is 1. The largest absolute Gasteiger partial charge is 0.302 e. The fourth-order valence-electron chi connectivity index (χ4n) is 3.09. The number of thiazole rings is 1. The maximum Gasteiger partial charge on any atom is 0.252 e. The topological polar surface area (TPSA) is 92.3 Å². The minimum atomic E-state index is -3.56. The van der Waals surface area contributed by atoms with Gasteiger partial charge in [0, 0.05) is 30.6 Å². The van der Waals surface area contributed by atoms with E-state index in [2.05, 4.69) is 15.3 Å². The zero-order valence-corrected chi connectivity index (χ0v) is 18.3. The number of amides is 1. The number of nitrogens with zero attached hydrogens (tertiary/aromatic N) is 3. The van der Waals surface area contributed by atoms with Crippen molar-refractivity contribution in [2.45, 2.75) is 17.1 Å². The molecule has 1 fully saturated rings. The molecule has 0 saturated carbocycles. The number of carbonyl (C=O) groups is 1. The standard InChI is InChI=1S/C18H17ClN4O3S3/c19-15-4-5-16(28-15)29(25,26)23-9-6-12(7-10-23)17(24)22-18-21-14(11-27-18)13-3-1-2-8-20-13/h1-5,8,11-12H,6-7,9-10H2,(H,21,22,24). The SMILES string of the molecule is O=C(Nc1nc(-c2ccccn2)cs1)C1CCN(S(=O)(=O)c2ccc(Cl)s2)CC1. The molecular weight excluding hydrogens is 452 g/mol. The van der Waals surface area contributed by atoms with Crippen LogP contribution in [-0.4, -0.2) is 41.7 Å². The Kier molecular flexibility index (Phi) is 5.98. The molecule has 7 nitrogen and oxygen atoms in total. The molecule has 1 N–H and O–H groups in total. The van der Waals surface area contributed by atoms with Gasteiger partial charge in [0.1, 0.15) is 9.90 Å². The first-order valence-electron chi connectivity index (χ1n) is 8.87. The van der Waals surface area contributed by atoms with Gasteiger partial charge in [-0.05, 0) is 37.1 Å². The van der Waals surface area contributed by atoms with Gasteiger partial charge in [-0.3, -0.25) is 9.78 Å². The maximum absolute atomic E-state index is 12.7. The van der Waals surface area contributed by atoms with E-state index in [1.165, 1.54) is 21.7 Å². The van der Waals surface area contributed by atoms with Crippen LogP contribution in [0.5, 0.6) is 0 Å². The molecule has 1 aliphatic heterocycles. The van der Waals surface area contributed by atoms with Gasteiger partial charge in [0.25, 0.3) is 10.0 Å². The van der Waals surface area contributed by atoms with Crippen LogP contribution in [0.4, 0.5) is 5.13 Å². The first kappa shape index (κ1) is 20.4. The van der Waals surface area contributed by atoms with E-state index in [1.54, 1.807) is 12.3 Å². The molecule has 3 aromatic rings. The third-order valence-corrected chi connectivity index (χ3v) is 8.98. The van der Waals surface area contributed by atoms with Crippen molar-refractivity contribution in [2.75, 3.05) is 18.4 Å². The van der Waals surface area contributed by atoms with Crippen LogP contribution in [0.15, 0.2) is 46.1 Å². The van der Waals surface area contributed by atoms with Crippen LogP contribution in [0, 0.1) is 5.92 Å². The summed E-state index contributed by atoms with van der Waals surface area (Å²) >= 11 is 8.24. The molecule has 0 aromatic carbocycles. The van der Waals surface area contributed by atoms with Crippen molar-refractivity contribution >= 4 is 55.3 Å². The number of thiophene rings is 1. The van der Waals surface area contributed by atoms with Gasteiger partial charge in [0.05, 0.1) is 10.0 Å². The Hall–Kier alpha value is -1.85. The lowest BCUT2D eigenvalue weighted by Crippen LogP contribution is -2.41. The second-order valence-electron chi connectivity index (χ2n) is 6.48. The molecule has 11 heteroatoms. The fourth-order valence-corrected chi connectivity index (χ4v) is 6.91. The lowest BCUT2D eigenvalue weighted by molar-refractivity contribution is -0.120. The van der Waals surface area contributed by atoms with Crippen molar-refractivity contribution in [3.8, 4) is 11.4 Å². The first-order chi connectivity index (χ1) is 13.9. The van der Waals surface area contributed by atoms with Gasteiger partial charge in [-0.2, -0.15) is 4.31 Å². The Balaban J connectivity index is 1.35. The Morgan fingerprint density at radius 2 is 1.97 bits per heavy atom. The van der Waals surface area contributed by atoms with Gasteiger partial charge in [-0.15, -0.1) is 22.7 Å². The summed E-state index contributed by atoms with van der Waals surface area (Å²) in [5.41, 5.74) is 1.46. The summed E-state index contributed by atoms with van der Waals surface area (Å²) in [6.45, 7) is 0.597. The third-order valence-electron chi connectivity index (χ3n) is 4.63. The van der Waals surface area contributed by atoms with Crippen LogP contribution in [0.2, 0.25) is 4.34 Å². The number of pyridine rings is 1. The van der Waals surface area contributed by atoms with E-state index in [4.69, 9.17) is 11.6 Å². The van der Waals surface area contributed by atoms with E-state index < -0.39 is 10.0 Å². The molecule has 0 spiro atoms. The van der Waals surface area contributed by atoms with E-state index >= 15 is 0 Å². The Labute approximate surface area is 181 Å². The van der Waals surface area contributed by atoms with Gasteiger partial charge >= 0.3 is 0 Å². The monoisotopic (exact) mass is 468 g/mol. The summed E-state index contributed by atoms with van der Waals surface area (Å²) in [6.07, 6.45) is 2.62. The van der Waals surface area contributed by atoms with Crippen LogP contribution in [-0.2, 0) is 14.8 Å². The number of halogens is 1. The van der Waals surface area contributed by atoms with E-state index in [-0.39, 0.29) is 16.0 Å². The van der Waals surface area contributed by atoms with Gasteiger partial charge in [-0.1, -0.05) is 17.7 Å². The number of sulfonamides is 1. The van der Waals surface area contributed by atoms with Crippen LogP contribution in [0.1, 0.15) is 12.8 Å². The average molecular weight is 469 g/mol. The summed E-state index contributed by atoms with van der Waals surface area (Å²) in [4.78, 5) is 21.3. The lowest BCUT2D eigenvalue weighted by atomic mass is 9.97. The number of hydrogen-bond acceptors (Lipinski definition) is 7. The Morgan fingerprint density at radius 3 is 2.62 bits per heavy atom. The van der Waals surface area contributed by atoms with Crippen LogP contribution in [0.3, 0.4) is 0 Å². The third kappa shape index (κ3) is 4.51. The lowest BCUT2D eigenvalue weighted by Gasteiger charge is -2.29. The highest BCUT2D eigenvalue weighted by Crippen LogP contribution is 2.31. The minimum absolute atomic E-state index is 0.136. The predicted molar refractivity (Wildman–Crippen MR) is 115 cm³/mol. The summed E-state index contributed by atoms with van der Waals surface area (Å²) in [7, 11) is -3.56. The molecule has 1 aliphatic rings. The summed E-state index contributed by atoms with van der Waals surface area (Å²) in [5.74, 6) is -0.390. The van der Waals surface area contributed by atoms with Crippen molar-refractivity contribution in [1.29, 1.82) is 0 Å². The van der Waals surface area contributed by atoms with E-state index in [0.717, 1.165) is 17.0 Å². The van der Waals surface area contributed by atoms with Gasteiger partial charge in [-0.25, -0.2) is 13.4 Å². The summed E-state index contributed by atoms with van der Waals surface area (Å²) < 4.78 is 27.4. The van der Waals surface area contributed by atoms with Crippen LogP contribution >= 0.6 is 34.3 Å². The van der Waals surface area contributed by atoms with Crippen molar-refractivity contribution in [1.82, 2.24) is 14.3 Å².